The molecule has 26 heavy (non-hydrogen) atoms. The number of nitrogens with zero attached hydrogens (tertiary/aromatic N) is 2. The fraction of sp³-hybridized carbons (Fsp3) is 0.588. The minimum absolute atomic E-state index is 0.105. The Bertz CT molecular complexity index is 777. The van der Waals surface area contributed by atoms with Crippen LogP contribution >= 0.6 is 0 Å². The van der Waals surface area contributed by atoms with Crippen molar-refractivity contribution in [2.75, 3.05) is 28.5 Å². The summed E-state index contributed by atoms with van der Waals surface area (Å²) in [6.45, 7) is 2.14. The van der Waals surface area contributed by atoms with E-state index in [9.17, 15) is 16.8 Å². The number of hydrogen-bond donors (Lipinski definition) is 0. The number of benzene rings is 1. The first-order chi connectivity index (χ1) is 12.2. The Balaban J connectivity index is 2.71. The van der Waals surface area contributed by atoms with Crippen LogP contribution in [0.15, 0.2) is 24.3 Å². The predicted octanol–water partition coefficient (Wildman–Crippen LogP) is 2.51. The van der Waals surface area contributed by atoms with Crippen molar-refractivity contribution in [2.24, 2.45) is 0 Å². The van der Waals surface area contributed by atoms with E-state index in [2.05, 4.69) is 6.92 Å². The van der Waals surface area contributed by atoms with Gasteiger partial charge in [0.15, 0.2) is 0 Å². The van der Waals surface area contributed by atoms with E-state index in [4.69, 9.17) is 7.49 Å². The van der Waals surface area contributed by atoms with Crippen molar-refractivity contribution in [1.82, 2.24) is 0 Å². The van der Waals surface area contributed by atoms with E-state index in [1.165, 1.54) is 24.8 Å². The third-order valence-electron chi connectivity index (χ3n) is 4.30. The molecule has 1 rings (SSSR count). The summed E-state index contributed by atoms with van der Waals surface area (Å²) in [7, 11) is 0.936. The Morgan fingerprint density at radius 1 is 0.846 bits per heavy atom. The van der Waals surface area contributed by atoms with Crippen LogP contribution < -0.4 is 8.61 Å². The molecule has 9 heteroatoms. The zero-order chi connectivity index (χ0) is 19.8. The third-order valence-corrected chi connectivity index (χ3v) is 7.47. The molecule has 6 nitrogen and oxygen atoms in total. The van der Waals surface area contributed by atoms with E-state index in [0.717, 1.165) is 30.0 Å². The van der Waals surface area contributed by atoms with E-state index in [0.29, 0.717) is 23.1 Å². The normalized spacial score (nSPS) is 11.9. The van der Waals surface area contributed by atoms with Gasteiger partial charge in [0, 0.05) is 0 Å². The van der Waals surface area contributed by atoms with Gasteiger partial charge in [-0.2, -0.15) is 0 Å². The van der Waals surface area contributed by atoms with Crippen molar-refractivity contribution in [3.8, 4) is 0 Å². The summed E-state index contributed by atoms with van der Waals surface area (Å²) in [5.41, 5.74) is 0.888. The Morgan fingerprint density at radius 3 is 1.81 bits per heavy atom. The Labute approximate surface area is 159 Å². The van der Waals surface area contributed by atoms with E-state index in [-0.39, 0.29) is 5.75 Å². The van der Waals surface area contributed by atoms with Gasteiger partial charge >= 0.3 is 127 Å². The molecule has 145 valence electrons. The van der Waals surface area contributed by atoms with Gasteiger partial charge in [-0.15, -0.1) is 0 Å². The summed E-state index contributed by atoms with van der Waals surface area (Å²) in [5, 5.41) is 0.623. The minimum atomic E-state index is -3.68. The second kappa shape index (κ2) is 10.1. The number of rotatable bonds is 12. The van der Waals surface area contributed by atoms with Gasteiger partial charge in [0.05, 0.1) is 0 Å². The molecule has 0 amide bonds. The van der Waals surface area contributed by atoms with Crippen LogP contribution in [-0.4, -0.2) is 49.5 Å². The topological polar surface area (TPSA) is 74.8 Å². The van der Waals surface area contributed by atoms with Gasteiger partial charge in [-0.05, 0) is 0 Å². The molecule has 0 bridgehead atoms. The molecule has 0 atom stereocenters. The Kier molecular flexibility index (Phi) is 8.82. The predicted molar refractivity (Wildman–Crippen MR) is 111 cm³/mol. The summed E-state index contributed by atoms with van der Waals surface area (Å²) in [6.07, 6.45) is 6.10. The fourth-order valence-electron chi connectivity index (χ4n) is 2.47. The second-order valence-corrected chi connectivity index (χ2v) is 10.2. The van der Waals surface area contributed by atoms with Crippen molar-refractivity contribution in [2.45, 2.75) is 45.4 Å². The van der Waals surface area contributed by atoms with Gasteiger partial charge in [-0.25, -0.2) is 0 Å². The second-order valence-electron chi connectivity index (χ2n) is 6.22. The van der Waals surface area contributed by atoms with Gasteiger partial charge in [0.1, 0.15) is 0 Å². The van der Waals surface area contributed by atoms with Crippen LogP contribution in [-0.2, 0) is 20.0 Å². The van der Waals surface area contributed by atoms with Crippen molar-refractivity contribution in [3.63, 3.8) is 0 Å². The molecular formula is C17H28BN2O4S2. The number of hydrogen-bond acceptors (Lipinski definition) is 4. The standard InChI is InChI=1S/C17H28BN2O4S2/c1-4-5-6-7-8-9-14-25(21,22)19(2)16-10-12-17(13-11-16)20(3)26(23,24)15-18/h10-13,15H,4-9,14H2,1-3H3. The Hall–Kier alpha value is -1.35. The van der Waals surface area contributed by atoms with Crippen molar-refractivity contribution in [3.05, 3.63) is 24.3 Å². The molecule has 1 aromatic rings. The van der Waals surface area contributed by atoms with Crippen LogP contribution in [0.5, 0.6) is 0 Å². The zero-order valence-corrected chi connectivity index (χ0v) is 17.4. The summed E-state index contributed by atoms with van der Waals surface area (Å²) in [4.78, 5) is 0. The van der Waals surface area contributed by atoms with Gasteiger partial charge < -0.3 is 0 Å². The van der Waals surface area contributed by atoms with Crippen LogP contribution in [0, 0.1) is 0 Å². The van der Waals surface area contributed by atoms with Gasteiger partial charge in [0.25, 0.3) is 0 Å². The summed E-state index contributed by atoms with van der Waals surface area (Å²) in [6, 6.07) is 6.26. The summed E-state index contributed by atoms with van der Waals surface area (Å²) < 4.78 is 50.6. The molecule has 0 aliphatic carbocycles. The van der Waals surface area contributed by atoms with Crippen molar-refractivity contribution >= 4 is 44.2 Å². The van der Waals surface area contributed by atoms with Crippen LogP contribution in [0.2, 0.25) is 0 Å². The first kappa shape index (κ1) is 22.7. The van der Waals surface area contributed by atoms with Gasteiger partial charge in [-0.3, -0.25) is 0 Å². The van der Waals surface area contributed by atoms with Gasteiger partial charge in [-0.1, -0.05) is 32.6 Å². The van der Waals surface area contributed by atoms with E-state index >= 15 is 0 Å². The molecular weight excluding hydrogens is 371 g/mol. The van der Waals surface area contributed by atoms with Crippen LogP contribution in [0.3, 0.4) is 0 Å². The molecule has 0 aliphatic heterocycles. The van der Waals surface area contributed by atoms with Gasteiger partial charge in [0.2, 0.25) is 0 Å². The molecule has 0 fully saturated rings. The molecule has 0 heterocycles. The first-order valence-corrected chi connectivity index (χ1v) is 11.9. The summed E-state index contributed by atoms with van der Waals surface area (Å²) in [5.74, 6) is 0.105. The molecule has 0 saturated heterocycles. The molecule has 0 saturated carbocycles. The quantitative estimate of drug-likeness (QED) is 0.400. The fourth-order valence-corrected chi connectivity index (χ4v) is 4.36. The van der Waals surface area contributed by atoms with Crippen molar-refractivity contribution in [1.29, 1.82) is 0 Å². The van der Waals surface area contributed by atoms with Crippen LogP contribution in [0.1, 0.15) is 45.4 Å². The van der Waals surface area contributed by atoms with E-state index in [1.807, 2.05) is 0 Å². The number of unbranched alkanes of at least 4 members (excludes halogenated alkanes) is 5. The van der Waals surface area contributed by atoms with Crippen LogP contribution in [0.25, 0.3) is 0 Å². The maximum absolute atomic E-state index is 12.4. The summed E-state index contributed by atoms with van der Waals surface area (Å²) >= 11 is 0. The van der Waals surface area contributed by atoms with E-state index in [1.54, 1.807) is 24.3 Å². The van der Waals surface area contributed by atoms with Crippen molar-refractivity contribution < 1.29 is 16.8 Å². The molecule has 1 radical (unpaired) electrons. The monoisotopic (exact) mass is 399 g/mol. The SMILES string of the molecule is [B]=CS(=O)(=O)N(C)c1ccc(N(C)S(=O)(=O)CCCCCCCC)cc1. The zero-order valence-electron chi connectivity index (χ0n) is 15.8. The van der Waals surface area contributed by atoms with E-state index < -0.39 is 20.0 Å². The molecule has 0 spiro atoms. The third kappa shape index (κ3) is 6.43. The molecule has 1 aromatic carbocycles. The molecule has 0 N–H and O–H groups in total. The number of anilines is 2. The average molecular weight is 399 g/mol. The molecule has 0 aromatic heterocycles. The first-order valence-electron chi connectivity index (χ1n) is 8.76. The van der Waals surface area contributed by atoms with Crippen LogP contribution in [0.4, 0.5) is 11.4 Å². The Morgan fingerprint density at radius 2 is 1.31 bits per heavy atom. The average Bonchev–Trinajstić information content (AvgIpc) is 2.63. The number of sulfonamides is 2. The molecule has 0 aliphatic rings. The maximum atomic E-state index is 12.4. The molecule has 0 unspecified atom stereocenters.